The topological polar surface area (TPSA) is 70.3 Å². The standard InChI is InChI=1S/C16H21NO3/c1-2-3-4-5-6-7-10-20-15-9-8-13(16(18)19)11-14(15)12-17/h8-9,11H,2-7,10H2,1H3,(H,18,19). The monoisotopic (exact) mass is 275 g/mol. The fourth-order valence-electron chi connectivity index (χ4n) is 1.94. The molecule has 0 heterocycles. The molecule has 0 saturated heterocycles. The molecule has 108 valence electrons. The van der Waals surface area contributed by atoms with Gasteiger partial charge in [-0.05, 0) is 24.6 Å². The second-order valence-corrected chi connectivity index (χ2v) is 4.74. The summed E-state index contributed by atoms with van der Waals surface area (Å²) in [4.78, 5) is 10.8. The normalized spacial score (nSPS) is 10.0. The van der Waals surface area contributed by atoms with E-state index >= 15 is 0 Å². The van der Waals surface area contributed by atoms with Crippen molar-refractivity contribution in [2.45, 2.75) is 45.4 Å². The Morgan fingerprint density at radius 2 is 1.95 bits per heavy atom. The highest BCUT2D eigenvalue weighted by Crippen LogP contribution is 2.20. The Morgan fingerprint density at radius 1 is 1.25 bits per heavy atom. The number of hydrogen-bond donors (Lipinski definition) is 1. The number of unbranched alkanes of at least 4 members (excludes halogenated alkanes) is 5. The predicted octanol–water partition coefficient (Wildman–Crippen LogP) is 4.00. The Bertz CT molecular complexity index is 477. The summed E-state index contributed by atoms with van der Waals surface area (Å²) in [6.07, 6.45) is 7.05. The van der Waals surface area contributed by atoms with Crippen molar-refractivity contribution in [3.8, 4) is 11.8 Å². The van der Waals surface area contributed by atoms with Crippen molar-refractivity contribution >= 4 is 5.97 Å². The van der Waals surface area contributed by atoms with Gasteiger partial charge in [0, 0.05) is 0 Å². The fourth-order valence-corrected chi connectivity index (χ4v) is 1.94. The third kappa shape index (κ3) is 5.31. The van der Waals surface area contributed by atoms with Gasteiger partial charge in [0.1, 0.15) is 11.8 Å². The maximum atomic E-state index is 10.8. The first-order valence-corrected chi connectivity index (χ1v) is 7.09. The van der Waals surface area contributed by atoms with Crippen LogP contribution in [-0.2, 0) is 0 Å². The van der Waals surface area contributed by atoms with Gasteiger partial charge in [0.2, 0.25) is 0 Å². The molecule has 0 amide bonds. The molecule has 0 atom stereocenters. The number of carboxylic acid groups (broad SMARTS) is 1. The van der Waals surface area contributed by atoms with E-state index in [9.17, 15) is 4.79 Å². The quantitative estimate of drug-likeness (QED) is 0.691. The van der Waals surface area contributed by atoms with E-state index in [4.69, 9.17) is 15.1 Å². The van der Waals surface area contributed by atoms with Gasteiger partial charge in [-0.2, -0.15) is 5.26 Å². The molecule has 0 saturated carbocycles. The molecule has 0 aliphatic rings. The van der Waals surface area contributed by atoms with Crippen LogP contribution in [0.1, 0.15) is 61.4 Å². The zero-order valence-electron chi connectivity index (χ0n) is 11.9. The van der Waals surface area contributed by atoms with E-state index in [1.54, 1.807) is 6.07 Å². The molecule has 0 aromatic heterocycles. The lowest BCUT2D eigenvalue weighted by molar-refractivity contribution is 0.0697. The Hall–Kier alpha value is -2.02. The smallest absolute Gasteiger partial charge is 0.335 e. The zero-order chi connectivity index (χ0) is 14.8. The molecule has 20 heavy (non-hydrogen) atoms. The Balaban J connectivity index is 2.40. The lowest BCUT2D eigenvalue weighted by atomic mass is 10.1. The Kier molecular flexibility index (Phi) is 7.20. The van der Waals surface area contributed by atoms with E-state index in [1.165, 1.54) is 37.8 Å². The van der Waals surface area contributed by atoms with E-state index < -0.39 is 5.97 Å². The fraction of sp³-hybridized carbons (Fsp3) is 0.500. The minimum absolute atomic E-state index is 0.105. The third-order valence-electron chi connectivity index (χ3n) is 3.10. The number of carbonyl (C=O) groups is 1. The molecule has 1 N–H and O–H groups in total. The number of rotatable bonds is 9. The van der Waals surface area contributed by atoms with Crippen LogP contribution in [0.3, 0.4) is 0 Å². The molecule has 1 aromatic rings. The molecular weight excluding hydrogens is 254 g/mol. The van der Waals surface area contributed by atoms with Crippen molar-refractivity contribution in [3.63, 3.8) is 0 Å². The van der Waals surface area contributed by atoms with Crippen molar-refractivity contribution in [1.29, 1.82) is 5.26 Å². The lowest BCUT2D eigenvalue weighted by Gasteiger charge is -2.08. The van der Waals surface area contributed by atoms with Crippen molar-refractivity contribution in [3.05, 3.63) is 29.3 Å². The maximum Gasteiger partial charge on any atom is 0.335 e. The van der Waals surface area contributed by atoms with Crippen LogP contribution in [0.2, 0.25) is 0 Å². The minimum Gasteiger partial charge on any atom is -0.492 e. The van der Waals surface area contributed by atoms with Crippen LogP contribution < -0.4 is 4.74 Å². The summed E-state index contributed by atoms with van der Waals surface area (Å²) in [7, 11) is 0. The highest BCUT2D eigenvalue weighted by atomic mass is 16.5. The van der Waals surface area contributed by atoms with Gasteiger partial charge in [0.15, 0.2) is 0 Å². The predicted molar refractivity (Wildman–Crippen MR) is 77.0 cm³/mol. The van der Waals surface area contributed by atoms with Crippen LogP contribution in [0, 0.1) is 11.3 Å². The van der Waals surface area contributed by atoms with Gasteiger partial charge in [-0.1, -0.05) is 39.0 Å². The summed E-state index contributed by atoms with van der Waals surface area (Å²) in [5.74, 6) is -0.574. The van der Waals surface area contributed by atoms with E-state index in [1.807, 2.05) is 6.07 Å². The van der Waals surface area contributed by atoms with Gasteiger partial charge >= 0.3 is 5.97 Å². The van der Waals surface area contributed by atoms with Crippen LogP contribution in [0.25, 0.3) is 0 Å². The van der Waals surface area contributed by atoms with Crippen LogP contribution in [0.5, 0.6) is 5.75 Å². The Morgan fingerprint density at radius 3 is 2.60 bits per heavy atom. The molecule has 0 unspecified atom stereocenters. The van der Waals surface area contributed by atoms with E-state index in [0.717, 1.165) is 12.8 Å². The molecule has 4 heteroatoms. The van der Waals surface area contributed by atoms with Gasteiger partial charge in [-0.25, -0.2) is 4.79 Å². The minimum atomic E-state index is -1.04. The van der Waals surface area contributed by atoms with E-state index in [0.29, 0.717) is 12.4 Å². The summed E-state index contributed by atoms with van der Waals surface area (Å²) >= 11 is 0. The number of nitrogens with zero attached hydrogens (tertiary/aromatic N) is 1. The van der Waals surface area contributed by atoms with E-state index in [-0.39, 0.29) is 11.1 Å². The van der Waals surface area contributed by atoms with Gasteiger partial charge in [0.25, 0.3) is 0 Å². The average Bonchev–Trinajstić information content (AvgIpc) is 2.46. The summed E-state index contributed by atoms with van der Waals surface area (Å²) in [5, 5.41) is 17.9. The SMILES string of the molecule is CCCCCCCCOc1ccc(C(=O)O)cc1C#N. The molecule has 0 aliphatic carbocycles. The number of nitriles is 1. The van der Waals surface area contributed by atoms with Crippen LogP contribution in [-0.4, -0.2) is 17.7 Å². The zero-order valence-corrected chi connectivity index (χ0v) is 11.9. The van der Waals surface area contributed by atoms with Gasteiger partial charge in [-0.15, -0.1) is 0 Å². The van der Waals surface area contributed by atoms with Crippen molar-refractivity contribution in [2.75, 3.05) is 6.61 Å². The molecule has 0 aliphatic heterocycles. The molecule has 1 rings (SSSR count). The number of hydrogen-bond acceptors (Lipinski definition) is 3. The first-order chi connectivity index (χ1) is 9.69. The third-order valence-corrected chi connectivity index (χ3v) is 3.10. The molecule has 0 fully saturated rings. The molecule has 4 nitrogen and oxygen atoms in total. The van der Waals surface area contributed by atoms with Crippen LogP contribution >= 0.6 is 0 Å². The second-order valence-electron chi connectivity index (χ2n) is 4.74. The molecule has 0 radical (unpaired) electrons. The summed E-state index contributed by atoms with van der Waals surface area (Å²) < 4.78 is 5.55. The first kappa shape index (κ1) is 16.0. The maximum absolute atomic E-state index is 10.8. The van der Waals surface area contributed by atoms with Crippen LogP contribution in [0.15, 0.2) is 18.2 Å². The van der Waals surface area contributed by atoms with Gasteiger partial charge in [-0.3, -0.25) is 0 Å². The van der Waals surface area contributed by atoms with Gasteiger partial charge < -0.3 is 9.84 Å². The summed E-state index contributed by atoms with van der Waals surface area (Å²) in [5.41, 5.74) is 0.379. The lowest BCUT2D eigenvalue weighted by Crippen LogP contribution is -2.02. The highest BCUT2D eigenvalue weighted by molar-refractivity contribution is 5.88. The molecule has 0 spiro atoms. The van der Waals surface area contributed by atoms with E-state index in [2.05, 4.69) is 6.92 Å². The second kappa shape index (κ2) is 8.98. The summed E-state index contributed by atoms with van der Waals surface area (Å²) in [6.45, 7) is 2.75. The largest absolute Gasteiger partial charge is 0.492 e. The first-order valence-electron chi connectivity index (χ1n) is 7.09. The van der Waals surface area contributed by atoms with Crippen molar-refractivity contribution in [1.82, 2.24) is 0 Å². The molecular formula is C16H21NO3. The number of benzene rings is 1. The summed E-state index contributed by atoms with van der Waals surface area (Å²) in [6, 6.07) is 6.33. The average molecular weight is 275 g/mol. The number of aromatic carboxylic acids is 1. The molecule has 1 aromatic carbocycles. The molecule has 0 bridgehead atoms. The number of carboxylic acids is 1. The van der Waals surface area contributed by atoms with Gasteiger partial charge in [0.05, 0.1) is 17.7 Å². The number of ether oxygens (including phenoxy) is 1. The highest BCUT2D eigenvalue weighted by Gasteiger charge is 2.08. The van der Waals surface area contributed by atoms with Crippen molar-refractivity contribution < 1.29 is 14.6 Å². The Labute approximate surface area is 120 Å². The van der Waals surface area contributed by atoms with Crippen molar-refractivity contribution in [2.24, 2.45) is 0 Å². The van der Waals surface area contributed by atoms with Crippen LogP contribution in [0.4, 0.5) is 0 Å².